The highest BCUT2D eigenvalue weighted by Crippen LogP contribution is 2.30. The maximum Gasteiger partial charge on any atom is 0.415 e. The Labute approximate surface area is 127 Å². The van der Waals surface area contributed by atoms with E-state index in [0.29, 0.717) is 36.8 Å². The standard InChI is InChI=1S/C14H17N3O5/c18-6-2-1-3-9-7-17(14(20)22-9)11-5-4-10-13(15-11)16-12(19)8-21-10/h4-5,9,18H,1-3,6-8H2,(H,15,16,19)/t9-/m1/s1. The number of hydrogen-bond acceptors (Lipinski definition) is 6. The lowest BCUT2D eigenvalue weighted by Gasteiger charge is -2.19. The van der Waals surface area contributed by atoms with Crippen molar-refractivity contribution in [3.63, 3.8) is 0 Å². The first kappa shape index (κ1) is 14.6. The second kappa shape index (κ2) is 6.18. The van der Waals surface area contributed by atoms with Gasteiger partial charge in [-0.3, -0.25) is 9.69 Å². The second-order valence-corrected chi connectivity index (χ2v) is 5.19. The van der Waals surface area contributed by atoms with Crippen LogP contribution >= 0.6 is 0 Å². The van der Waals surface area contributed by atoms with E-state index in [1.165, 1.54) is 4.90 Å². The number of rotatable bonds is 5. The molecule has 1 aromatic rings. The van der Waals surface area contributed by atoms with Gasteiger partial charge >= 0.3 is 6.09 Å². The van der Waals surface area contributed by atoms with Gasteiger partial charge in [-0.05, 0) is 31.4 Å². The third-order valence-electron chi connectivity index (χ3n) is 3.54. The molecule has 8 nitrogen and oxygen atoms in total. The van der Waals surface area contributed by atoms with Crippen LogP contribution in [-0.2, 0) is 9.53 Å². The van der Waals surface area contributed by atoms with Gasteiger partial charge in [0, 0.05) is 6.61 Å². The number of pyridine rings is 1. The number of fused-ring (bicyclic) bond motifs is 1. The van der Waals surface area contributed by atoms with Gasteiger partial charge in [-0.1, -0.05) is 0 Å². The summed E-state index contributed by atoms with van der Waals surface area (Å²) in [6, 6.07) is 3.33. The van der Waals surface area contributed by atoms with E-state index < -0.39 is 6.09 Å². The lowest BCUT2D eigenvalue weighted by molar-refractivity contribution is -0.118. The molecule has 2 aliphatic heterocycles. The van der Waals surface area contributed by atoms with Gasteiger partial charge in [0.1, 0.15) is 11.9 Å². The second-order valence-electron chi connectivity index (χ2n) is 5.19. The van der Waals surface area contributed by atoms with Gasteiger partial charge in [0.2, 0.25) is 0 Å². The highest BCUT2D eigenvalue weighted by molar-refractivity contribution is 5.95. The number of amides is 2. The third kappa shape index (κ3) is 2.96. The molecule has 0 aliphatic carbocycles. The Kier molecular flexibility index (Phi) is 4.10. The van der Waals surface area contributed by atoms with Gasteiger partial charge in [0.15, 0.2) is 18.2 Å². The molecule has 0 saturated carbocycles. The van der Waals surface area contributed by atoms with E-state index in [-0.39, 0.29) is 25.2 Å². The Morgan fingerprint density at radius 2 is 2.23 bits per heavy atom. The molecule has 2 amide bonds. The van der Waals surface area contributed by atoms with Crippen LogP contribution in [-0.4, -0.2) is 48.0 Å². The minimum atomic E-state index is -0.454. The number of unbranched alkanes of at least 4 members (excludes halogenated alkanes) is 1. The molecule has 1 saturated heterocycles. The van der Waals surface area contributed by atoms with Gasteiger partial charge in [0.25, 0.3) is 5.91 Å². The molecule has 1 fully saturated rings. The van der Waals surface area contributed by atoms with E-state index in [1.54, 1.807) is 12.1 Å². The Bertz CT molecular complexity index is 592. The molecule has 0 radical (unpaired) electrons. The van der Waals surface area contributed by atoms with Crippen molar-refractivity contribution in [3.8, 4) is 5.75 Å². The largest absolute Gasteiger partial charge is 0.480 e. The lowest BCUT2D eigenvalue weighted by atomic mass is 10.1. The molecule has 0 unspecified atom stereocenters. The fourth-order valence-corrected chi connectivity index (χ4v) is 2.45. The summed E-state index contributed by atoms with van der Waals surface area (Å²) >= 11 is 0. The Morgan fingerprint density at radius 1 is 1.36 bits per heavy atom. The highest BCUT2D eigenvalue weighted by Gasteiger charge is 2.33. The molecule has 0 bridgehead atoms. The Balaban J connectivity index is 1.70. The summed E-state index contributed by atoms with van der Waals surface area (Å²) in [5.41, 5.74) is 0. The van der Waals surface area contributed by atoms with E-state index in [1.807, 2.05) is 0 Å². The van der Waals surface area contributed by atoms with E-state index in [2.05, 4.69) is 10.3 Å². The number of ether oxygens (including phenoxy) is 2. The van der Waals surface area contributed by atoms with Crippen LogP contribution in [0.3, 0.4) is 0 Å². The van der Waals surface area contributed by atoms with Gasteiger partial charge in [-0.25, -0.2) is 9.78 Å². The van der Waals surface area contributed by atoms with Crippen LogP contribution in [0.4, 0.5) is 16.4 Å². The molecule has 2 N–H and O–H groups in total. The number of carbonyl (C=O) groups excluding carboxylic acids is 2. The molecule has 0 spiro atoms. The van der Waals surface area contributed by atoms with Crippen molar-refractivity contribution < 1.29 is 24.2 Å². The normalized spacial score (nSPS) is 20.2. The predicted octanol–water partition coefficient (Wildman–Crippen LogP) is 0.900. The first-order valence-electron chi connectivity index (χ1n) is 7.20. The van der Waals surface area contributed by atoms with Crippen LogP contribution in [0.15, 0.2) is 12.1 Å². The van der Waals surface area contributed by atoms with Gasteiger partial charge < -0.3 is 19.9 Å². The van der Waals surface area contributed by atoms with Crippen LogP contribution in [0.5, 0.6) is 5.75 Å². The summed E-state index contributed by atoms with van der Waals surface area (Å²) in [5.74, 6) is 0.933. The Morgan fingerprint density at radius 3 is 3.05 bits per heavy atom. The number of aliphatic hydroxyl groups excluding tert-OH is 1. The van der Waals surface area contributed by atoms with Gasteiger partial charge in [0.05, 0.1) is 6.54 Å². The zero-order valence-corrected chi connectivity index (χ0v) is 11.9. The molecule has 0 aromatic carbocycles. The number of nitrogens with one attached hydrogen (secondary N) is 1. The fourth-order valence-electron chi connectivity index (χ4n) is 2.45. The number of nitrogens with zero attached hydrogens (tertiary/aromatic N) is 2. The summed E-state index contributed by atoms with van der Waals surface area (Å²) in [4.78, 5) is 29.0. The maximum atomic E-state index is 11.9. The van der Waals surface area contributed by atoms with Gasteiger partial charge in [-0.15, -0.1) is 0 Å². The average Bonchev–Trinajstić information content (AvgIpc) is 2.87. The minimum absolute atomic E-state index is 0.0350. The topological polar surface area (TPSA) is 101 Å². The van der Waals surface area contributed by atoms with Crippen molar-refractivity contribution in [1.82, 2.24) is 4.98 Å². The van der Waals surface area contributed by atoms with Crippen molar-refractivity contribution in [2.45, 2.75) is 25.4 Å². The van der Waals surface area contributed by atoms with E-state index in [4.69, 9.17) is 14.6 Å². The molecule has 1 aromatic heterocycles. The number of aliphatic hydroxyl groups is 1. The molecule has 3 rings (SSSR count). The summed E-state index contributed by atoms with van der Waals surface area (Å²) in [5, 5.41) is 11.4. The predicted molar refractivity (Wildman–Crippen MR) is 76.9 cm³/mol. The monoisotopic (exact) mass is 307 g/mol. The smallest absolute Gasteiger partial charge is 0.415 e. The molecule has 118 valence electrons. The van der Waals surface area contributed by atoms with E-state index in [0.717, 1.165) is 6.42 Å². The quantitative estimate of drug-likeness (QED) is 0.784. The van der Waals surface area contributed by atoms with E-state index >= 15 is 0 Å². The molecular weight excluding hydrogens is 290 g/mol. The highest BCUT2D eigenvalue weighted by atomic mass is 16.6. The lowest BCUT2D eigenvalue weighted by Crippen LogP contribution is -2.29. The number of aromatic nitrogens is 1. The average molecular weight is 307 g/mol. The summed E-state index contributed by atoms with van der Waals surface area (Å²) in [6.45, 7) is 0.508. The van der Waals surface area contributed by atoms with Crippen LogP contribution in [0.25, 0.3) is 0 Å². The summed E-state index contributed by atoms with van der Waals surface area (Å²) in [6.07, 6.45) is 1.53. The van der Waals surface area contributed by atoms with Crippen LogP contribution in [0.2, 0.25) is 0 Å². The molecule has 22 heavy (non-hydrogen) atoms. The van der Waals surface area contributed by atoms with Crippen LogP contribution in [0, 0.1) is 0 Å². The minimum Gasteiger partial charge on any atom is -0.480 e. The zero-order valence-electron chi connectivity index (χ0n) is 11.9. The number of anilines is 2. The van der Waals surface area contributed by atoms with Crippen molar-refractivity contribution >= 4 is 23.6 Å². The Hall–Kier alpha value is -2.35. The van der Waals surface area contributed by atoms with Crippen molar-refractivity contribution in [1.29, 1.82) is 0 Å². The van der Waals surface area contributed by atoms with Crippen molar-refractivity contribution in [3.05, 3.63) is 12.1 Å². The third-order valence-corrected chi connectivity index (χ3v) is 3.54. The number of hydrogen-bond donors (Lipinski definition) is 2. The summed E-state index contributed by atoms with van der Waals surface area (Å²) in [7, 11) is 0. The van der Waals surface area contributed by atoms with Crippen molar-refractivity contribution in [2.24, 2.45) is 0 Å². The molecule has 3 heterocycles. The maximum absolute atomic E-state index is 11.9. The van der Waals surface area contributed by atoms with Gasteiger partial charge in [-0.2, -0.15) is 0 Å². The first-order valence-corrected chi connectivity index (χ1v) is 7.20. The molecule has 1 atom stereocenters. The molecule has 8 heteroatoms. The summed E-state index contributed by atoms with van der Waals surface area (Å²) < 4.78 is 10.5. The van der Waals surface area contributed by atoms with Crippen LogP contribution in [0.1, 0.15) is 19.3 Å². The number of cyclic esters (lactones) is 1. The van der Waals surface area contributed by atoms with Crippen molar-refractivity contribution in [2.75, 3.05) is 30.0 Å². The van der Waals surface area contributed by atoms with Crippen LogP contribution < -0.4 is 15.0 Å². The number of carbonyl (C=O) groups is 2. The SMILES string of the molecule is O=C1COc2ccc(N3C[C@@H](CCCCO)OC3=O)nc2N1. The zero-order chi connectivity index (χ0) is 15.5. The fraction of sp³-hybridized carbons (Fsp3) is 0.500. The first-order chi connectivity index (χ1) is 10.7. The molecular formula is C14H17N3O5. The van der Waals surface area contributed by atoms with E-state index in [9.17, 15) is 9.59 Å². The molecule has 2 aliphatic rings.